The van der Waals surface area contributed by atoms with Gasteiger partial charge in [0.25, 0.3) is 0 Å². The van der Waals surface area contributed by atoms with Crippen LogP contribution in [0.25, 0.3) is 0 Å². The second-order valence-corrected chi connectivity index (χ2v) is 6.93. The van der Waals surface area contributed by atoms with Gasteiger partial charge in [0.2, 0.25) is 0 Å². The van der Waals surface area contributed by atoms with Crippen LogP contribution in [0.5, 0.6) is 0 Å². The molecule has 0 aliphatic carbocycles. The van der Waals surface area contributed by atoms with Crippen LogP contribution in [0.1, 0.15) is 53.4 Å². The molecule has 108 valence electrons. The zero-order chi connectivity index (χ0) is 13.5. The molecule has 1 heterocycles. The molecule has 0 bridgehead atoms. The lowest BCUT2D eigenvalue weighted by Crippen LogP contribution is -2.39. The van der Waals surface area contributed by atoms with Gasteiger partial charge in [-0.2, -0.15) is 0 Å². The maximum absolute atomic E-state index is 5.71. The molecule has 0 amide bonds. The van der Waals surface area contributed by atoms with Crippen LogP contribution in [0.2, 0.25) is 0 Å². The number of rotatable bonds is 7. The first kappa shape index (κ1) is 16.0. The summed E-state index contributed by atoms with van der Waals surface area (Å²) < 4.78 is 0. The zero-order valence-corrected chi connectivity index (χ0v) is 13.0. The fourth-order valence-electron chi connectivity index (χ4n) is 3.58. The minimum Gasteiger partial charge on any atom is -0.330 e. The Morgan fingerprint density at radius 2 is 1.72 bits per heavy atom. The van der Waals surface area contributed by atoms with E-state index in [4.69, 9.17) is 5.73 Å². The van der Waals surface area contributed by atoms with Crippen molar-refractivity contribution in [3.8, 4) is 0 Å². The molecule has 1 saturated heterocycles. The van der Waals surface area contributed by atoms with Gasteiger partial charge in [0.1, 0.15) is 0 Å². The molecule has 0 aromatic rings. The summed E-state index contributed by atoms with van der Waals surface area (Å²) in [5.41, 5.74) is 5.71. The van der Waals surface area contributed by atoms with E-state index in [0.717, 1.165) is 30.2 Å². The van der Waals surface area contributed by atoms with E-state index in [-0.39, 0.29) is 0 Å². The van der Waals surface area contributed by atoms with E-state index in [9.17, 15) is 0 Å². The van der Waals surface area contributed by atoms with E-state index >= 15 is 0 Å². The maximum atomic E-state index is 5.71. The maximum Gasteiger partial charge on any atom is 0.000724 e. The average Bonchev–Trinajstić information content (AvgIpc) is 2.26. The molecule has 18 heavy (non-hydrogen) atoms. The summed E-state index contributed by atoms with van der Waals surface area (Å²) in [5, 5.41) is 0. The summed E-state index contributed by atoms with van der Waals surface area (Å²) in [4.78, 5) is 2.68. The SMILES string of the molecule is CC1CC(C)CN(CCCC(CCN)C(C)C)C1. The van der Waals surface area contributed by atoms with Gasteiger partial charge in [0.05, 0.1) is 0 Å². The summed E-state index contributed by atoms with van der Waals surface area (Å²) in [6.07, 6.45) is 5.32. The molecule has 1 rings (SSSR count). The molecule has 2 nitrogen and oxygen atoms in total. The summed E-state index contributed by atoms with van der Waals surface area (Å²) in [6, 6.07) is 0. The lowest BCUT2D eigenvalue weighted by atomic mass is 9.87. The molecule has 0 aromatic carbocycles. The van der Waals surface area contributed by atoms with Crippen LogP contribution in [0.3, 0.4) is 0 Å². The summed E-state index contributed by atoms with van der Waals surface area (Å²) in [6.45, 7) is 14.2. The van der Waals surface area contributed by atoms with Crippen molar-refractivity contribution >= 4 is 0 Å². The second-order valence-electron chi connectivity index (χ2n) is 6.93. The largest absolute Gasteiger partial charge is 0.330 e. The van der Waals surface area contributed by atoms with E-state index in [0.29, 0.717) is 0 Å². The van der Waals surface area contributed by atoms with Gasteiger partial charge in [0, 0.05) is 13.1 Å². The predicted octanol–water partition coefficient (Wildman–Crippen LogP) is 3.37. The number of nitrogens with zero attached hydrogens (tertiary/aromatic N) is 1. The Kier molecular flexibility index (Phi) is 7.25. The first-order valence-electron chi connectivity index (χ1n) is 7.95. The van der Waals surface area contributed by atoms with Crippen molar-refractivity contribution in [1.29, 1.82) is 0 Å². The van der Waals surface area contributed by atoms with Gasteiger partial charge >= 0.3 is 0 Å². The Hall–Kier alpha value is -0.0800. The summed E-state index contributed by atoms with van der Waals surface area (Å²) in [5.74, 6) is 3.39. The highest BCUT2D eigenvalue weighted by Gasteiger charge is 2.21. The first-order chi connectivity index (χ1) is 8.52. The lowest BCUT2D eigenvalue weighted by molar-refractivity contribution is 0.135. The van der Waals surface area contributed by atoms with E-state index in [1.807, 2.05) is 0 Å². The Bertz CT molecular complexity index is 205. The van der Waals surface area contributed by atoms with Crippen LogP contribution < -0.4 is 5.73 Å². The van der Waals surface area contributed by atoms with Crippen LogP contribution in [0.15, 0.2) is 0 Å². The van der Waals surface area contributed by atoms with Crippen molar-refractivity contribution in [2.75, 3.05) is 26.2 Å². The van der Waals surface area contributed by atoms with Crippen molar-refractivity contribution in [2.45, 2.75) is 53.4 Å². The third-order valence-electron chi connectivity index (χ3n) is 4.47. The van der Waals surface area contributed by atoms with Gasteiger partial charge in [-0.1, -0.05) is 27.7 Å². The predicted molar refractivity (Wildman–Crippen MR) is 80.6 cm³/mol. The Morgan fingerprint density at radius 3 is 2.22 bits per heavy atom. The quantitative estimate of drug-likeness (QED) is 0.755. The normalized spacial score (nSPS) is 27.7. The number of hydrogen-bond acceptors (Lipinski definition) is 2. The molecular formula is C16H34N2. The molecule has 1 aliphatic heterocycles. The highest BCUT2D eigenvalue weighted by atomic mass is 15.1. The average molecular weight is 254 g/mol. The number of likely N-dealkylation sites (tertiary alicyclic amines) is 1. The first-order valence-corrected chi connectivity index (χ1v) is 7.95. The monoisotopic (exact) mass is 254 g/mol. The standard InChI is InChI=1S/C16H34N2/c1-13(2)16(7-8-17)6-5-9-18-11-14(3)10-15(4)12-18/h13-16H,5-12,17H2,1-4H3. The molecule has 1 fully saturated rings. The van der Waals surface area contributed by atoms with E-state index in [1.165, 1.54) is 45.3 Å². The van der Waals surface area contributed by atoms with Crippen molar-refractivity contribution in [1.82, 2.24) is 4.90 Å². The summed E-state index contributed by atoms with van der Waals surface area (Å²) >= 11 is 0. The second kappa shape index (κ2) is 8.16. The number of hydrogen-bond donors (Lipinski definition) is 1. The van der Waals surface area contributed by atoms with Crippen LogP contribution in [-0.2, 0) is 0 Å². The van der Waals surface area contributed by atoms with E-state index in [1.54, 1.807) is 0 Å². The molecule has 1 aliphatic rings. The van der Waals surface area contributed by atoms with Crippen LogP contribution in [0, 0.1) is 23.7 Å². The van der Waals surface area contributed by atoms with Crippen molar-refractivity contribution in [3.05, 3.63) is 0 Å². The molecule has 0 aromatic heterocycles. The lowest BCUT2D eigenvalue weighted by Gasteiger charge is -2.35. The molecular weight excluding hydrogens is 220 g/mol. The third-order valence-corrected chi connectivity index (χ3v) is 4.47. The van der Waals surface area contributed by atoms with E-state index in [2.05, 4.69) is 32.6 Å². The van der Waals surface area contributed by atoms with Crippen LogP contribution in [0.4, 0.5) is 0 Å². The third kappa shape index (κ3) is 5.71. The molecule has 2 N–H and O–H groups in total. The molecule has 0 saturated carbocycles. The smallest absolute Gasteiger partial charge is 0.000724 e. The van der Waals surface area contributed by atoms with Crippen molar-refractivity contribution in [3.63, 3.8) is 0 Å². The van der Waals surface area contributed by atoms with Gasteiger partial charge in [-0.15, -0.1) is 0 Å². The summed E-state index contributed by atoms with van der Waals surface area (Å²) in [7, 11) is 0. The van der Waals surface area contributed by atoms with E-state index < -0.39 is 0 Å². The van der Waals surface area contributed by atoms with Gasteiger partial charge in [0.15, 0.2) is 0 Å². The Balaban J connectivity index is 2.23. The van der Waals surface area contributed by atoms with Crippen molar-refractivity contribution in [2.24, 2.45) is 29.4 Å². The minimum atomic E-state index is 0.785. The molecule has 0 radical (unpaired) electrons. The van der Waals surface area contributed by atoms with Crippen LogP contribution >= 0.6 is 0 Å². The fourth-order valence-corrected chi connectivity index (χ4v) is 3.58. The highest BCUT2D eigenvalue weighted by Crippen LogP contribution is 2.23. The zero-order valence-electron chi connectivity index (χ0n) is 13.0. The minimum absolute atomic E-state index is 0.785. The van der Waals surface area contributed by atoms with Gasteiger partial charge < -0.3 is 10.6 Å². The molecule has 3 unspecified atom stereocenters. The fraction of sp³-hybridized carbons (Fsp3) is 1.00. The molecule has 2 heteroatoms. The van der Waals surface area contributed by atoms with Gasteiger partial charge in [-0.25, -0.2) is 0 Å². The van der Waals surface area contributed by atoms with Gasteiger partial charge in [-0.05, 0) is 62.4 Å². The molecule has 3 atom stereocenters. The topological polar surface area (TPSA) is 29.3 Å². The number of piperidine rings is 1. The van der Waals surface area contributed by atoms with Crippen LogP contribution in [-0.4, -0.2) is 31.1 Å². The van der Waals surface area contributed by atoms with Crippen molar-refractivity contribution < 1.29 is 0 Å². The Labute approximate surface area is 114 Å². The molecule has 0 spiro atoms. The van der Waals surface area contributed by atoms with Gasteiger partial charge in [-0.3, -0.25) is 0 Å². The Morgan fingerprint density at radius 1 is 1.11 bits per heavy atom. The number of nitrogens with two attached hydrogens (primary N) is 1. The highest BCUT2D eigenvalue weighted by molar-refractivity contribution is 4.75.